The molecule has 1 fully saturated rings. The van der Waals surface area contributed by atoms with Gasteiger partial charge >= 0.3 is 0 Å². The Morgan fingerprint density at radius 1 is 1.10 bits per heavy atom. The largest absolute Gasteiger partial charge is 0.320 e. The Balaban J connectivity index is 1.45. The Bertz CT molecular complexity index is 946. The lowest BCUT2D eigenvalue weighted by molar-refractivity contribution is 0.102. The molecular formula is C24H27N3OS. The molecule has 2 aromatic carbocycles. The van der Waals surface area contributed by atoms with Crippen molar-refractivity contribution in [2.45, 2.75) is 32.1 Å². The summed E-state index contributed by atoms with van der Waals surface area (Å²) in [7, 11) is 0. The highest BCUT2D eigenvalue weighted by Gasteiger charge is 2.23. The van der Waals surface area contributed by atoms with Crippen LogP contribution in [0.15, 0.2) is 60.0 Å². The lowest BCUT2D eigenvalue weighted by Gasteiger charge is -2.30. The molecule has 0 saturated carbocycles. The molecule has 4 rings (SSSR count). The second-order valence-corrected chi connectivity index (χ2v) is 8.44. The number of thiazole rings is 1. The molecule has 1 amide bonds. The summed E-state index contributed by atoms with van der Waals surface area (Å²) in [6, 6.07) is 18.0. The Hall–Kier alpha value is -2.50. The van der Waals surface area contributed by atoms with Crippen molar-refractivity contribution in [1.29, 1.82) is 0 Å². The number of nitrogens with one attached hydrogen (secondary N) is 1. The third-order valence-electron chi connectivity index (χ3n) is 5.49. The predicted octanol–water partition coefficient (Wildman–Crippen LogP) is 5.65. The maximum atomic E-state index is 12.9. The van der Waals surface area contributed by atoms with E-state index in [1.165, 1.54) is 13.0 Å². The molecule has 29 heavy (non-hydrogen) atoms. The van der Waals surface area contributed by atoms with Crippen LogP contribution in [-0.2, 0) is 0 Å². The molecule has 2 heterocycles. The number of amides is 1. The zero-order valence-electron chi connectivity index (χ0n) is 16.8. The van der Waals surface area contributed by atoms with Gasteiger partial charge in [0.05, 0.1) is 5.01 Å². The van der Waals surface area contributed by atoms with Crippen molar-refractivity contribution in [2.24, 2.45) is 0 Å². The Kier molecular flexibility index (Phi) is 6.37. The molecule has 0 aliphatic carbocycles. The number of likely N-dealkylation sites (tertiary alicyclic amines) is 1. The van der Waals surface area contributed by atoms with Gasteiger partial charge in [0.1, 0.15) is 5.69 Å². The quantitative estimate of drug-likeness (QED) is 0.576. The van der Waals surface area contributed by atoms with Gasteiger partial charge in [-0.15, -0.1) is 11.3 Å². The van der Waals surface area contributed by atoms with E-state index >= 15 is 0 Å². The van der Waals surface area contributed by atoms with Crippen molar-refractivity contribution in [1.82, 2.24) is 9.88 Å². The summed E-state index contributed by atoms with van der Waals surface area (Å²) in [4.78, 5) is 20.1. The fraction of sp³-hybridized carbons (Fsp3) is 0.333. The minimum Gasteiger partial charge on any atom is -0.320 e. The van der Waals surface area contributed by atoms with Gasteiger partial charge in [-0.2, -0.15) is 0 Å². The number of aromatic nitrogens is 1. The van der Waals surface area contributed by atoms with E-state index in [0.29, 0.717) is 11.6 Å². The van der Waals surface area contributed by atoms with Crippen LogP contribution in [0.3, 0.4) is 0 Å². The van der Waals surface area contributed by atoms with Crippen LogP contribution >= 0.6 is 11.3 Å². The van der Waals surface area contributed by atoms with E-state index < -0.39 is 0 Å². The van der Waals surface area contributed by atoms with Gasteiger partial charge in [-0.25, -0.2) is 4.98 Å². The smallest absolute Gasteiger partial charge is 0.275 e. The molecule has 0 radical (unpaired) electrons. The molecule has 1 aromatic heterocycles. The van der Waals surface area contributed by atoms with Crippen LogP contribution in [-0.4, -0.2) is 35.4 Å². The van der Waals surface area contributed by atoms with E-state index in [1.54, 1.807) is 11.3 Å². The highest BCUT2D eigenvalue weighted by molar-refractivity contribution is 7.10. The molecule has 150 valence electrons. The lowest BCUT2D eigenvalue weighted by Crippen LogP contribution is -2.33. The zero-order chi connectivity index (χ0) is 20.1. The summed E-state index contributed by atoms with van der Waals surface area (Å²) in [6.45, 7) is 5.67. The van der Waals surface area contributed by atoms with Crippen LogP contribution in [0.4, 0.5) is 5.69 Å². The minimum absolute atomic E-state index is 0.140. The zero-order valence-corrected chi connectivity index (χ0v) is 17.6. The third-order valence-corrected chi connectivity index (χ3v) is 6.50. The van der Waals surface area contributed by atoms with Gasteiger partial charge in [0, 0.05) is 22.5 Å². The summed E-state index contributed by atoms with van der Waals surface area (Å²) >= 11 is 1.62. The fourth-order valence-corrected chi connectivity index (χ4v) is 4.92. The first kappa shape index (κ1) is 19.8. The second kappa shape index (κ2) is 9.33. The summed E-state index contributed by atoms with van der Waals surface area (Å²) in [5.41, 5.74) is 3.43. The molecule has 0 spiro atoms. The predicted molar refractivity (Wildman–Crippen MR) is 121 cm³/mol. The molecule has 1 N–H and O–H groups in total. The molecule has 4 nitrogen and oxygen atoms in total. The van der Waals surface area contributed by atoms with Crippen molar-refractivity contribution in [3.63, 3.8) is 0 Å². The maximum Gasteiger partial charge on any atom is 0.275 e. The monoisotopic (exact) mass is 405 g/mol. The fourth-order valence-electron chi connectivity index (χ4n) is 3.95. The van der Waals surface area contributed by atoms with Crippen LogP contribution in [0.2, 0.25) is 0 Å². The minimum atomic E-state index is -0.140. The number of carbonyl (C=O) groups excluding carboxylic acids is 1. The summed E-state index contributed by atoms with van der Waals surface area (Å²) in [6.07, 6.45) is 3.47. The van der Waals surface area contributed by atoms with Crippen molar-refractivity contribution in [3.8, 4) is 11.1 Å². The number of hydrogen-bond acceptors (Lipinski definition) is 4. The van der Waals surface area contributed by atoms with Crippen molar-refractivity contribution >= 4 is 22.9 Å². The van der Waals surface area contributed by atoms with E-state index in [0.717, 1.165) is 47.8 Å². The SMILES string of the molecule is CCCN1CCC(c2nc(C(=O)Nc3ccccc3-c3ccccc3)cs2)CC1. The number of nitrogens with zero attached hydrogens (tertiary/aromatic N) is 2. The summed E-state index contributed by atoms with van der Waals surface area (Å²) in [5, 5.41) is 6.06. The van der Waals surface area contributed by atoms with Crippen molar-refractivity contribution in [3.05, 3.63) is 70.7 Å². The Labute approximate surface area is 176 Å². The van der Waals surface area contributed by atoms with E-state index in [-0.39, 0.29) is 5.91 Å². The number of anilines is 1. The van der Waals surface area contributed by atoms with Crippen LogP contribution < -0.4 is 5.32 Å². The molecule has 0 bridgehead atoms. The van der Waals surface area contributed by atoms with Crippen LogP contribution in [0.25, 0.3) is 11.1 Å². The van der Waals surface area contributed by atoms with E-state index in [2.05, 4.69) is 29.3 Å². The van der Waals surface area contributed by atoms with E-state index in [4.69, 9.17) is 4.98 Å². The van der Waals surface area contributed by atoms with Crippen LogP contribution in [0.1, 0.15) is 47.6 Å². The van der Waals surface area contributed by atoms with Gasteiger partial charge in [0.2, 0.25) is 0 Å². The number of piperidine rings is 1. The summed E-state index contributed by atoms with van der Waals surface area (Å²) < 4.78 is 0. The highest BCUT2D eigenvalue weighted by atomic mass is 32.1. The summed E-state index contributed by atoms with van der Waals surface area (Å²) in [5.74, 6) is 0.338. The molecule has 1 saturated heterocycles. The Morgan fingerprint density at radius 3 is 2.59 bits per heavy atom. The van der Waals surface area contributed by atoms with Gasteiger partial charge < -0.3 is 10.2 Å². The first-order valence-electron chi connectivity index (χ1n) is 10.4. The van der Waals surface area contributed by atoms with Crippen molar-refractivity contribution < 1.29 is 4.79 Å². The molecule has 0 unspecified atom stereocenters. The van der Waals surface area contributed by atoms with Gasteiger partial charge in [-0.05, 0) is 50.5 Å². The first-order valence-corrected chi connectivity index (χ1v) is 11.3. The normalized spacial score (nSPS) is 15.3. The van der Waals surface area contributed by atoms with E-state index in [1.807, 2.05) is 47.8 Å². The molecule has 3 aromatic rings. The number of para-hydroxylation sites is 1. The van der Waals surface area contributed by atoms with Gasteiger partial charge in [0.25, 0.3) is 5.91 Å². The number of carbonyl (C=O) groups is 1. The number of hydrogen-bond donors (Lipinski definition) is 1. The molecular weight excluding hydrogens is 378 g/mol. The Morgan fingerprint density at radius 2 is 1.83 bits per heavy atom. The van der Waals surface area contributed by atoms with E-state index in [9.17, 15) is 4.79 Å². The average molecular weight is 406 g/mol. The first-order chi connectivity index (χ1) is 14.2. The lowest BCUT2D eigenvalue weighted by atomic mass is 9.97. The highest BCUT2D eigenvalue weighted by Crippen LogP contribution is 2.31. The van der Waals surface area contributed by atoms with Gasteiger partial charge in [-0.3, -0.25) is 4.79 Å². The third kappa shape index (κ3) is 4.74. The topological polar surface area (TPSA) is 45.2 Å². The standard InChI is InChI=1S/C24H27N3OS/c1-2-14-27-15-12-19(13-16-27)24-26-22(17-29-24)23(28)25-21-11-7-6-10-20(21)18-8-4-3-5-9-18/h3-11,17,19H,2,12-16H2,1H3,(H,25,28). The number of benzene rings is 2. The maximum absolute atomic E-state index is 12.9. The molecule has 5 heteroatoms. The van der Waals surface area contributed by atoms with Gasteiger partial charge in [-0.1, -0.05) is 55.5 Å². The van der Waals surface area contributed by atoms with Crippen LogP contribution in [0.5, 0.6) is 0 Å². The molecule has 1 aliphatic heterocycles. The van der Waals surface area contributed by atoms with Gasteiger partial charge in [0.15, 0.2) is 0 Å². The molecule has 1 aliphatic rings. The average Bonchev–Trinajstić information content (AvgIpc) is 3.26. The number of rotatable bonds is 6. The molecule has 0 atom stereocenters. The van der Waals surface area contributed by atoms with Crippen LogP contribution in [0, 0.1) is 0 Å². The van der Waals surface area contributed by atoms with Crippen molar-refractivity contribution in [2.75, 3.05) is 25.0 Å². The second-order valence-electron chi connectivity index (χ2n) is 7.55.